The van der Waals surface area contributed by atoms with Gasteiger partial charge in [-0.15, -0.1) is 0 Å². The molecule has 0 aromatic heterocycles. The van der Waals surface area contributed by atoms with E-state index in [1.54, 1.807) is 18.2 Å². The highest BCUT2D eigenvalue weighted by Crippen LogP contribution is 2.33. The molecule has 2 N–H and O–H groups in total. The minimum absolute atomic E-state index is 0.0332. The average molecular weight is 428 g/mol. The Hall–Kier alpha value is -1.78. The van der Waals surface area contributed by atoms with Crippen molar-refractivity contribution in [3.63, 3.8) is 0 Å². The fraction of sp³-hybridized carbons (Fsp3) is 0. The van der Waals surface area contributed by atoms with Crippen LogP contribution in [-0.4, -0.2) is 20.2 Å². The smallest absolute Gasteiger partial charge is 0.266 e. The highest BCUT2D eigenvalue weighted by atomic mass is 127. The number of hydrogen-bond donors (Lipinski definition) is 1. The standard InChI is InChI=1S/C14H9IN2O4S/c15-8-5-6-11(12(7-8)22(16,20)21)17-13(18)9-3-1-2-4-10(9)14(17)19/h1-7H,(H2,16,20,21). The van der Waals surface area contributed by atoms with Crippen molar-refractivity contribution in [3.05, 3.63) is 57.2 Å². The van der Waals surface area contributed by atoms with Crippen LogP contribution in [0.3, 0.4) is 0 Å². The quantitative estimate of drug-likeness (QED) is 0.582. The summed E-state index contributed by atoms with van der Waals surface area (Å²) in [4.78, 5) is 25.5. The Morgan fingerprint density at radius 2 is 1.50 bits per heavy atom. The van der Waals surface area contributed by atoms with Crippen LogP contribution in [0.4, 0.5) is 5.69 Å². The van der Waals surface area contributed by atoms with Crippen molar-refractivity contribution in [2.75, 3.05) is 4.90 Å². The van der Waals surface area contributed by atoms with Gasteiger partial charge in [0.2, 0.25) is 10.0 Å². The molecule has 1 heterocycles. The molecule has 0 aliphatic carbocycles. The summed E-state index contributed by atoms with van der Waals surface area (Å²) >= 11 is 1.93. The van der Waals surface area contributed by atoms with E-state index in [1.807, 2.05) is 22.6 Å². The number of halogens is 1. The second kappa shape index (κ2) is 5.14. The van der Waals surface area contributed by atoms with Crippen molar-refractivity contribution in [2.24, 2.45) is 5.14 Å². The minimum Gasteiger partial charge on any atom is -0.268 e. The molecular weight excluding hydrogens is 419 g/mol. The highest BCUT2D eigenvalue weighted by Gasteiger charge is 2.38. The predicted octanol–water partition coefficient (Wildman–Crippen LogP) is 1.74. The molecule has 3 rings (SSSR count). The zero-order valence-corrected chi connectivity index (χ0v) is 14.0. The Labute approximate surface area is 140 Å². The average Bonchev–Trinajstić information content (AvgIpc) is 2.71. The molecule has 0 spiro atoms. The molecule has 112 valence electrons. The molecule has 0 radical (unpaired) electrons. The van der Waals surface area contributed by atoms with Gasteiger partial charge in [0.1, 0.15) is 4.90 Å². The number of nitrogens with two attached hydrogens (primary N) is 1. The number of hydrogen-bond acceptors (Lipinski definition) is 4. The monoisotopic (exact) mass is 428 g/mol. The number of carbonyl (C=O) groups excluding carboxylic acids is 2. The largest absolute Gasteiger partial charge is 0.268 e. The van der Waals surface area contributed by atoms with Gasteiger partial charge in [0, 0.05) is 3.57 Å². The molecule has 2 amide bonds. The maximum absolute atomic E-state index is 12.4. The Kier molecular flexibility index (Phi) is 3.54. The molecule has 6 nitrogen and oxygen atoms in total. The van der Waals surface area contributed by atoms with Crippen LogP contribution >= 0.6 is 22.6 Å². The molecule has 0 unspecified atom stereocenters. The number of sulfonamides is 1. The van der Waals surface area contributed by atoms with E-state index < -0.39 is 21.8 Å². The summed E-state index contributed by atoms with van der Waals surface area (Å²) in [5.74, 6) is -1.13. The number of imide groups is 1. The molecule has 8 heteroatoms. The maximum atomic E-state index is 12.4. The first-order chi connectivity index (χ1) is 10.3. The third-order valence-electron chi connectivity index (χ3n) is 3.26. The van der Waals surface area contributed by atoms with Gasteiger partial charge in [-0.3, -0.25) is 9.59 Å². The van der Waals surface area contributed by atoms with Crippen LogP contribution in [-0.2, 0) is 10.0 Å². The van der Waals surface area contributed by atoms with Crippen LogP contribution in [0.2, 0.25) is 0 Å². The zero-order valence-electron chi connectivity index (χ0n) is 11.0. The number of nitrogens with zero attached hydrogens (tertiary/aromatic N) is 1. The van der Waals surface area contributed by atoms with Gasteiger partial charge >= 0.3 is 0 Å². The Bertz CT molecular complexity index is 889. The molecule has 0 saturated carbocycles. The summed E-state index contributed by atoms with van der Waals surface area (Å²) < 4.78 is 24.2. The first-order valence-corrected chi connectivity index (χ1v) is 8.73. The van der Waals surface area contributed by atoms with E-state index in [-0.39, 0.29) is 21.7 Å². The molecule has 0 fully saturated rings. The molecule has 1 aliphatic rings. The third-order valence-corrected chi connectivity index (χ3v) is 4.87. The first-order valence-electron chi connectivity index (χ1n) is 6.11. The van der Waals surface area contributed by atoms with E-state index in [0.29, 0.717) is 3.57 Å². The van der Waals surface area contributed by atoms with E-state index in [2.05, 4.69) is 0 Å². The van der Waals surface area contributed by atoms with Crippen LogP contribution in [0.15, 0.2) is 47.4 Å². The van der Waals surface area contributed by atoms with Gasteiger partial charge in [-0.2, -0.15) is 0 Å². The number of anilines is 1. The molecule has 1 aliphatic heterocycles. The van der Waals surface area contributed by atoms with Crippen LogP contribution in [0.5, 0.6) is 0 Å². The van der Waals surface area contributed by atoms with Crippen molar-refractivity contribution in [1.29, 1.82) is 0 Å². The second-order valence-corrected chi connectivity index (χ2v) is 7.42. The lowest BCUT2D eigenvalue weighted by Crippen LogP contribution is -2.31. The number of fused-ring (bicyclic) bond motifs is 1. The van der Waals surface area contributed by atoms with Crippen molar-refractivity contribution < 1.29 is 18.0 Å². The molecule has 0 saturated heterocycles. The summed E-state index contributed by atoms with van der Waals surface area (Å²) in [5.41, 5.74) is 0.451. The number of amides is 2. The second-order valence-electron chi connectivity index (χ2n) is 4.65. The van der Waals surface area contributed by atoms with Gasteiger partial charge in [0.25, 0.3) is 11.8 Å². The van der Waals surface area contributed by atoms with Crippen molar-refractivity contribution in [3.8, 4) is 0 Å². The molecular formula is C14H9IN2O4S. The SMILES string of the molecule is NS(=O)(=O)c1cc(I)ccc1N1C(=O)c2ccccc2C1=O. The number of benzene rings is 2. The third kappa shape index (κ3) is 2.32. The number of primary sulfonamides is 1. The lowest BCUT2D eigenvalue weighted by atomic mass is 10.1. The Balaban J connectivity index is 2.23. The zero-order chi connectivity index (χ0) is 16.1. The van der Waals surface area contributed by atoms with Crippen LogP contribution in [0.25, 0.3) is 0 Å². The summed E-state index contributed by atoms with van der Waals surface area (Å²) in [6.07, 6.45) is 0. The summed E-state index contributed by atoms with van der Waals surface area (Å²) in [6, 6.07) is 10.7. The highest BCUT2D eigenvalue weighted by molar-refractivity contribution is 14.1. The molecule has 0 atom stereocenters. The van der Waals surface area contributed by atoms with Gasteiger partial charge in [-0.1, -0.05) is 12.1 Å². The minimum atomic E-state index is -4.08. The van der Waals surface area contributed by atoms with Crippen molar-refractivity contribution in [1.82, 2.24) is 0 Å². The molecule has 2 aromatic rings. The predicted molar refractivity (Wildman–Crippen MR) is 88.1 cm³/mol. The summed E-state index contributed by atoms with van der Waals surface area (Å²) in [5, 5.41) is 5.21. The van der Waals surface area contributed by atoms with Gasteiger partial charge in [0.05, 0.1) is 16.8 Å². The van der Waals surface area contributed by atoms with Gasteiger partial charge in [-0.05, 0) is 52.9 Å². The van der Waals surface area contributed by atoms with Crippen molar-refractivity contribution in [2.45, 2.75) is 4.90 Å². The molecule has 0 bridgehead atoms. The fourth-order valence-electron chi connectivity index (χ4n) is 2.31. The maximum Gasteiger partial charge on any atom is 0.266 e. The summed E-state index contributed by atoms with van der Waals surface area (Å²) in [6.45, 7) is 0. The number of rotatable bonds is 2. The number of carbonyl (C=O) groups is 2. The topological polar surface area (TPSA) is 97.5 Å². The lowest BCUT2D eigenvalue weighted by Gasteiger charge is -2.17. The van der Waals surface area contributed by atoms with Crippen LogP contribution < -0.4 is 10.0 Å². The molecule has 2 aromatic carbocycles. The van der Waals surface area contributed by atoms with E-state index >= 15 is 0 Å². The summed E-state index contributed by atoms with van der Waals surface area (Å²) in [7, 11) is -4.08. The van der Waals surface area contributed by atoms with E-state index in [0.717, 1.165) is 4.90 Å². The van der Waals surface area contributed by atoms with E-state index in [1.165, 1.54) is 24.3 Å². The Morgan fingerprint density at radius 3 is 2.00 bits per heavy atom. The normalized spacial score (nSPS) is 14.4. The van der Waals surface area contributed by atoms with E-state index in [4.69, 9.17) is 5.14 Å². The van der Waals surface area contributed by atoms with Crippen molar-refractivity contribution >= 4 is 50.1 Å². The van der Waals surface area contributed by atoms with E-state index in [9.17, 15) is 18.0 Å². The van der Waals surface area contributed by atoms with Gasteiger partial charge < -0.3 is 0 Å². The van der Waals surface area contributed by atoms with Gasteiger partial charge in [-0.25, -0.2) is 18.5 Å². The fourth-order valence-corrected chi connectivity index (χ4v) is 3.75. The van der Waals surface area contributed by atoms with Crippen LogP contribution in [0.1, 0.15) is 20.7 Å². The molecule has 22 heavy (non-hydrogen) atoms. The first kappa shape index (κ1) is 15.1. The van der Waals surface area contributed by atoms with Gasteiger partial charge in [0.15, 0.2) is 0 Å². The van der Waals surface area contributed by atoms with Crippen LogP contribution in [0, 0.1) is 3.57 Å². The lowest BCUT2D eigenvalue weighted by molar-refractivity contribution is 0.0925. The Morgan fingerprint density at radius 1 is 0.955 bits per heavy atom.